The van der Waals surface area contributed by atoms with Crippen molar-refractivity contribution in [2.24, 2.45) is 0 Å². The second kappa shape index (κ2) is 5.80. The highest BCUT2D eigenvalue weighted by Crippen LogP contribution is 2.27. The maximum atomic E-state index is 12.4. The molecule has 3 rings (SSSR count). The van der Waals surface area contributed by atoms with Crippen molar-refractivity contribution in [1.82, 2.24) is 0 Å². The van der Waals surface area contributed by atoms with Gasteiger partial charge in [-0.25, -0.2) is 4.79 Å². The third-order valence-electron chi connectivity index (χ3n) is 4.08. The molecule has 22 heavy (non-hydrogen) atoms. The molecule has 1 heterocycles. The van der Waals surface area contributed by atoms with Crippen molar-refractivity contribution in [3.05, 3.63) is 81.2 Å². The molecule has 0 aliphatic rings. The molecule has 112 valence electrons. The Balaban J connectivity index is 2.16. The highest BCUT2D eigenvalue weighted by molar-refractivity contribution is 5.84. The zero-order valence-corrected chi connectivity index (χ0v) is 13.2. The van der Waals surface area contributed by atoms with E-state index in [1.165, 1.54) is 0 Å². The molecular formula is C20H20O2. The Morgan fingerprint density at radius 3 is 2.45 bits per heavy atom. The lowest BCUT2D eigenvalue weighted by atomic mass is 9.96. The number of hydrogen-bond acceptors (Lipinski definition) is 2. The third kappa shape index (κ3) is 2.69. The van der Waals surface area contributed by atoms with E-state index in [1.807, 2.05) is 36.4 Å². The molecule has 0 unspecified atom stereocenters. The third-order valence-corrected chi connectivity index (χ3v) is 4.08. The zero-order chi connectivity index (χ0) is 15.7. The summed E-state index contributed by atoms with van der Waals surface area (Å²) in [5.74, 6) is 0.325. The van der Waals surface area contributed by atoms with E-state index in [0.717, 1.165) is 27.7 Å². The highest BCUT2D eigenvalue weighted by Gasteiger charge is 2.13. The Bertz CT molecular complexity index is 858. The second-order valence-corrected chi connectivity index (χ2v) is 6.09. The van der Waals surface area contributed by atoms with Crippen LogP contribution in [0.1, 0.15) is 42.0 Å². The van der Waals surface area contributed by atoms with Crippen molar-refractivity contribution in [1.29, 1.82) is 0 Å². The number of benzene rings is 2. The summed E-state index contributed by atoms with van der Waals surface area (Å²) in [5.41, 5.74) is 4.55. The molecule has 0 aliphatic heterocycles. The quantitative estimate of drug-likeness (QED) is 0.648. The summed E-state index contributed by atoms with van der Waals surface area (Å²) in [6.45, 7) is 6.28. The fourth-order valence-corrected chi connectivity index (χ4v) is 2.79. The van der Waals surface area contributed by atoms with Gasteiger partial charge in [0.1, 0.15) is 5.58 Å². The summed E-state index contributed by atoms with van der Waals surface area (Å²) in [6, 6.07) is 16.2. The van der Waals surface area contributed by atoms with E-state index in [-0.39, 0.29) is 5.63 Å². The predicted molar refractivity (Wildman–Crippen MR) is 90.6 cm³/mol. The lowest BCUT2D eigenvalue weighted by Crippen LogP contribution is -2.09. The summed E-state index contributed by atoms with van der Waals surface area (Å²) in [4.78, 5) is 12.4. The van der Waals surface area contributed by atoms with Crippen LogP contribution in [0.4, 0.5) is 0 Å². The van der Waals surface area contributed by atoms with E-state index < -0.39 is 0 Å². The van der Waals surface area contributed by atoms with Gasteiger partial charge in [-0.1, -0.05) is 56.3 Å². The highest BCUT2D eigenvalue weighted by atomic mass is 16.4. The fraction of sp³-hybridized carbons (Fsp3) is 0.250. The molecule has 0 aliphatic carbocycles. The molecule has 0 fully saturated rings. The van der Waals surface area contributed by atoms with Crippen molar-refractivity contribution < 1.29 is 4.42 Å². The average molecular weight is 292 g/mol. The van der Waals surface area contributed by atoms with Crippen LogP contribution in [0.5, 0.6) is 0 Å². The van der Waals surface area contributed by atoms with Crippen molar-refractivity contribution >= 4 is 11.0 Å². The summed E-state index contributed by atoms with van der Waals surface area (Å²) in [7, 11) is 0. The molecule has 1 aromatic heterocycles. The van der Waals surface area contributed by atoms with Crippen molar-refractivity contribution in [3.63, 3.8) is 0 Å². The Kier molecular flexibility index (Phi) is 3.84. The zero-order valence-electron chi connectivity index (χ0n) is 13.2. The largest absolute Gasteiger partial charge is 0.422 e. The number of hydrogen-bond donors (Lipinski definition) is 0. The lowest BCUT2D eigenvalue weighted by molar-refractivity contribution is 0.546. The van der Waals surface area contributed by atoms with Crippen LogP contribution in [0.2, 0.25) is 0 Å². The van der Waals surface area contributed by atoms with Crippen molar-refractivity contribution in [3.8, 4) is 0 Å². The predicted octanol–water partition coefficient (Wildman–Crippen LogP) is 4.82. The van der Waals surface area contributed by atoms with Crippen LogP contribution in [0.15, 0.2) is 57.7 Å². The van der Waals surface area contributed by atoms with Gasteiger partial charge in [-0.3, -0.25) is 0 Å². The fourth-order valence-electron chi connectivity index (χ4n) is 2.79. The van der Waals surface area contributed by atoms with Crippen LogP contribution in [0.3, 0.4) is 0 Å². The minimum atomic E-state index is -0.233. The normalized spacial score (nSPS) is 11.3. The van der Waals surface area contributed by atoms with Gasteiger partial charge in [-0.05, 0) is 35.6 Å². The average Bonchev–Trinajstić information content (AvgIpc) is 2.50. The van der Waals surface area contributed by atoms with Crippen LogP contribution in [0.25, 0.3) is 11.0 Å². The van der Waals surface area contributed by atoms with Gasteiger partial charge < -0.3 is 4.42 Å². The summed E-state index contributed by atoms with van der Waals surface area (Å²) in [6.07, 6.45) is 0.602. The minimum absolute atomic E-state index is 0.233. The van der Waals surface area contributed by atoms with E-state index in [0.29, 0.717) is 17.9 Å². The Labute approximate surface area is 130 Å². The van der Waals surface area contributed by atoms with Crippen LogP contribution in [-0.2, 0) is 6.42 Å². The molecular weight excluding hydrogens is 272 g/mol. The van der Waals surface area contributed by atoms with Gasteiger partial charge in [0.05, 0.1) is 0 Å². The van der Waals surface area contributed by atoms with Gasteiger partial charge in [-0.15, -0.1) is 0 Å². The van der Waals surface area contributed by atoms with Gasteiger partial charge in [0.2, 0.25) is 0 Å². The molecule has 2 aromatic carbocycles. The lowest BCUT2D eigenvalue weighted by Gasteiger charge is -2.11. The standard InChI is InChI=1S/C20H20O2/c1-13(2)17-10-9-14(3)18-12-16(20(21)22-19(17)18)11-15-7-5-4-6-8-15/h4-10,12-13H,11H2,1-3H3. The van der Waals surface area contributed by atoms with Gasteiger partial charge in [-0.2, -0.15) is 0 Å². The van der Waals surface area contributed by atoms with Crippen molar-refractivity contribution in [2.75, 3.05) is 0 Å². The Morgan fingerprint density at radius 1 is 1.05 bits per heavy atom. The van der Waals surface area contributed by atoms with Crippen LogP contribution in [-0.4, -0.2) is 0 Å². The molecule has 0 N–H and O–H groups in total. The summed E-state index contributed by atoms with van der Waals surface area (Å²) >= 11 is 0. The number of rotatable bonds is 3. The molecule has 0 amide bonds. The molecule has 2 nitrogen and oxygen atoms in total. The summed E-state index contributed by atoms with van der Waals surface area (Å²) in [5, 5.41) is 1.04. The van der Waals surface area contributed by atoms with Crippen molar-refractivity contribution in [2.45, 2.75) is 33.1 Å². The maximum absolute atomic E-state index is 12.4. The van der Waals surface area contributed by atoms with E-state index in [2.05, 4.69) is 32.9 Å². The summed E-state index contributed by atoms with van der Waals surface area (Å²) < 4.78 is 5.68. The van der Waals surface area contributed by atoms with E-state index in [9.17, 15) is 4.79 Å². The SMILES string of the molecule is Cc1ccc(C(C)C)c2oc(=O)c(Cc3ccccc3)cc12. The smallest absolute Gasteiger partial charge is 0.339 e. The van der Waals surface area contributed by atoms with Gasteiger partial charge in [0.15, 0.2) is 0 Å². The van der Waals surface area contributed by atoms with Gasteiger partial charge in [0, 0.05) is 17.4 Å². The Hall–Kier alpha value is -2.35. The first-order chi connectivity index (χ1) is 10.6. The van der Waals surface area contributed by atoms with Crippen LogP contribution >= 0.6 is 0 Å². The molecule has 2 heteroatoms. The first-order valence-electron chi connectivity index (χ1n) is 7.66. The molecule has 0 atom stereocenters. The first kappa shape index (κ1) is 14.6. The molecule has 0 bridgehead atoms. The number of aryl methyl sites for hydroxylation is 1. The molecule has 0 saturated heterocycles. The van der Waals surface area contributed by atoms with E-state index >= 15 is 0 Å². The van der Waals surface area contributed by atoms with Gasteiger partial charge >= 0.3 is 5.63 Å². The van der Waals surface area contributed by atoms with Crippen LogP contribution < -0.4 is 5.63 Å². The number of fused-ring (bicyclic) bond motifs is 1. The monoisotopic (exact) mass is 292 g/mol. The topological polar surface area (TPSA) is 30.2 Å². The minimum Gasteiger partial charge on any atom is -0.422 e. The molecule has 0 saturated carbocycles. The molecule has 0 radical (unpaired) electrons. The molecule has 0 spiro atoms. The van der Waals surface area contributed by atoms with E-state index in [1.54, 1.807) is 0 Å². The van der Waals surface area contributed by atoms with Gasteiger partial charge in [0.25, 0.3) is 0 Å². The van der Waals surface area contributed by atoms with Crippen LogP contribution in [0, 0.1) is 6.92 Å². The molecule has 3 aromatic rings. The Morgan fingerprint density at radius 2 is 1.77 bits per heavy atom. The maximum Gasteiger partial charge on any atom is 0.339 e. The first-order valence-corrected chi connectivity index (χ1v) is 7.66. The van der Waals surface area contributed by atoms with E-state index in [4.69, 9.17) is 4.42 Å². The second-order valence-electron chi connectivity index (χ2n) is 6.09.